The number of halogens is 3. The van der Waals surface area contributed by atoms with Gasteiger partial charge >= 0.3 is 6.18 Å². The molecule has 1 aliphatic heterocycles. The highest BCUT2D eigenvalue weighted by molar-refractivity contribution is 5.96. The van der Waals surface area contributed by atoms with Crippen LogP contribution in [0.4, 0.5) is 19.0 Å². The number of rotatable bonds is 1. The number of aromatic nitrogens is 1. The highest BCUT2D eigenvalue weighted by atomic mass is 19.4. The molecule has 0 spiro atoms. The summed E-state index contributed by atoms with van der Waals surface area (Å²) >= 11 is 0. The normalized spacial score (nSPS) is 13.5. The van der Waals surface area contributed by atoms with E-state index in [-0.39, 0.29) is 12.4 Å². The third kappa shape index (κ3) is 2.37. The summed E-state index contributed by atoms with van der Waals surface area (Å²) in [5, 5.41) is 0. The van der Waals surface area contributed by atoms with Gasteiger partial charge < -0.3 is 5.73 Å². The maximum Gasteiger partial charge on any atom is 0.416 e. The lowest BCUT2D eigenvalue weighted by Crippen LogP contribution is -2.08. The number of pyridine rings is 1. The average molecular weight is 291 g/mol. The van der Waals surface area contributed by atoms with E-state index in [9.17, 15) is 13.2 Å². The van der Waals surface area contributed by atoms with Crippen molar-refractivity contribution in [1.82, 2.24) is 4.98 Å². The fourth-order valence-electron chi connectivity index (χ4n) is 2.42. The van der Waals surface area contributed by atoms with Crippen LogP contribution in [0, 0.1) is 6.92 Å². The summed E-state index contributed by atoms with van der Waals surface area (Å²) in [7, 11) is 0. The Morgan fingerprint density at radius 2 is 1.90 bits per heavy atom. The van der Waals surface area contributed by atoms with Gasteiger partial charge in [-0.1, -0.05) is 0 Å². The van der Waals surface area contributed by atoms with Gasteiger partial charge in [-0.05, 0) is 42.3 Å². The Bertz CT molecular complexity index is 749. The monoisotopic (exact) mass is 291 g/mol. The van der Waals surface area contributed by atoms with E-state index in [4.69, 9.17) is 5.73 Å². The van der Waals surface area contributed by atoms with Gasteiger partial charge in [-0.15, -0.1) is 0 Å². The van der Waals surface area contributed by atoms with Gasteiger partial charge in [0.15, 0.2) is 0 Å². The van der Waals surface area contributed by atoms with E-state index in [1.807, 2.05) is 0 Å². The van der Waals surface area contributed by atoms with Crippen molar-refractivity contribution in [3.63, 3.8) is 0 Å². The molecule has 21 heavy (non-hydrogen) atoms. The lowest BCUT2D eigenvalue weighted by atomic mass is 9.94. The largest absolute Gasteiger partial charge is 0.416 e. The van der Waals surface area contributed by atoms with Crippen molar-refractivity contribution in [2.24, 2.45) is 4.99 Å². The van der Waals surface area contributed by atoms with Gasteiger partial charge in [0.05, 0.1) is 12.1 Å². The quantitative estimate of drug-likeness (QED) is 0.873. The summed E-state index contributed by atoms with van der Waals surface area (Å²) in [6, 6.07) is 5.67. The highest BCUT2D eigenvalue weighted by Crippen LogP contribution is 2.38. The Morgan fingerprint density at radius 1 is 1.14 bits per heavy atom. The predicted octanol–water partition coefficient (Wildman–Crippen LogP) is 3.59. The van der Waals surface area contributed by atoms with Crippen LogP contribution < -0.4 is 5.73 Å². The van der Waals surface area contributed by atoms with Gasteiger partial charge in [0.25, 0.3) is 0 Å². The van der Waals surface area contributed by atoms with E-state index in [1.165, 1.54) is 0 Å². The van der Waals surface area contributed by atoms with Crippen LogP contribution in [0.2, 0.25) is 0 Å². The first-order valence-corrected chi connectivity index (χ1v) is 6.33. The summed E-state index contributed by atoms with van der Waals surface area (Å²) < 4.78 is 39.1. The second-order valence-corrected chi connectivity index (χ2v) is 4.95. The third-order valence-corrected chi connectivity index (χ3v) is 3.43. The minimum absolute atomic E-state index is 0.219. The molecule has 0 aliphatic carbocycles. The highest BCUT2D eigenvalue weighted by Gasteiger charge is 2.33. The smallest absolute Gasteiger partial charge is 0.383 e. The maximum atomic E-state index is 13.0. The van der Waals surface area contributed by atoms with Crippen LogP contribution in [0.15, 0.2) is 29.3 Å². The van der Waals surface area contributed by atoms with Gasteiger partial charge in [-0.3, -0.25) is 4.99 Å². The zero-order valence-electron chi connectivity index (χ0n) is 11.2. The molecule has 2 aromatic rings. The second kappa shape index (κ2) is 4.58. The van der Waals surface area contributed by atoms with Crippen molar-refractivity contribution in [3.05, 3.63) is 46.6 Å². The molecule has 0 radical (unpaired) electrons. The first kappa shape index (κ1) is 13.6. The molecule has 0 saturated heterocycles. The van der Waals surface area contributed by atoms with Gasteiger partial charge in [-0.25, -0.2) is 4.98 Å². The summed E-state index contributed by atoms with van der Waals surface area (Å²) in [6.45, 7) is 2.03. The first-order chi connectivity index (χ1) is 9.86. The molecule has 6 heteroatoms. The van der Waals surface area contributed by atoms with Gasteiger partial charge in [0.2, 0.25) is 0 Å². The molecule has 2 heterocycles. The number of aryl methyl sites for hydroxylation is 1. The zero-order valence-corrected chi connectivity index (χ0v) is 11.2. The number of alkyl halides is 3. The van der Waals surface area contributed by atoms with Crippen molar-refractivity contribution >= 4 is 12.0 Å². The van der Waals surface area contributed by atoms with E-state index < -0.39 is 11.7 Å². The Balaban J connectivity index is 2.26. The zero-order chi connectivity index (χ0) is 15.2. The number of nitrogen functional groups attached to an aromatic ring is 1. The summed E-state index contributed by atoms with van der Waals surface area (Å²) in [6.07, 6.45) is -2.82. The molecule has 0 saturated carbocycles. The van der Waals surface area contributed by atoms with Gasteiger partial charge in [0.1, 0.15) is 5.82 Å². The minimum atomic E-state index is -4.40. The maximum absolute atomic E-state index is 13.0. The van der Waals surface area contributed by atoms with Crippen LogP contribution in [0.3, 0.4) is 0 Å². The molecule has 1 aromatic carbocycles. The number of aliphatic imine (C=N–C) groups is 1. The molecule has 2 N–H and O–H groups in total. The molecule has 0 amide bonds. The summed E-state index contributed by atoms with van der Waals surface area (Å²) in [5.41, 5.74) is 8.05. The van der Waals surface area contributed by atoms with E-state index in [1.54, 1.807) is 25.3 Å². The van der Waals surface area contributed by atoms with Gasteiger partial charge in [-0.2, -0.15) is 13.2 Å². The molecule has 0 unspecified atom stereocenters. The molecule has 1 aromatic heterocycles. The van der Waals surface area contributed by atoms with E-state index in [0.717, 1.165) is 12.1 Å². The van der Waals surface area contributed by atoms with Crippen LogP contribution in [-0.2, 0) is 12.7 Å². The Morgan fingerprint density at radius 3 is 2.57 bits per heavy atom. The number of benzene rings is 1. The van der Waals surface area contributed by atoms with Crippen molar-refractivity contribution in [3.8, 4) is 11.1 Å². The van der Waals surface area contributed by atoms with Crippen molar-refractivity contribution in [1.29, 1.82) is 0 Å². The van der Waals surface area contributed by atoms with Crippen molar-refractivity contribution in [2.75, 3.05) is 5.73 Å². The Kier molecular flexibility index (Phi) is 2.97. The molecule has 0 atom stereocenters. The molecule has 1 aliphatic rings. The number of hydrogen-bond donors (Lipinski definition) is 1. The van der Waals surface area contributed by atoms with Crippen LogP contribution >= 0.6 is 0 Å². The number of fused-ring (bicyclic) bond motifs is 1. The molecular formula is C15H12F3N3. The summed E-state index contributed by atoms with van der Waals surface area (Å²) in [4.78, 5) is 8.17. The lowest BCUT2D eigenvalue weighted by molar-refractivity contribution is -0.137. The molecule has 0 fully saturated rings. The van der Waals surface area contributed by atoms with E-state index in [2.05, 4.69) is 9.98 Å². The Labute approximate surface area is 119 Å². The molecule has 0 bridgehead atoms. The lowest BCUT2D eigenvalue weighted by Gasteiger charge is -2.14. The van der Waals surface area contributed by atoms with Crippen LogP contribution in [-0.4, -0.2) is 11.2 Å². The van der Waals surface area contributed by atoms with E-state index >= 15 is 0 Å². The molecule has 3 nitrogen and oxygen atoms in total. The van der Waals surface area contributed by atoms with Crippen molar-refractivity contribution in [2.45, 2.75) is 19.6 Å². The SMILES string of the molecule is Cc1ccc(-c2cc(C(F)(F)F)cc3c2C=NC3)c(N)n1. The van der Waals surface area contributed by atoms with Crippen LogP contribution in [0.1, 0.15) is 22.4 Å². The molecule has 3 rings (SSSR count). The first-order valence-electron chi connectivity index (χ1n) is 6.33. The fourth-order valence-corrected chi connectivity index (χ4v) is 2.42. The third-order valence-electron chi connectivity index (χ3n) is 3.43. The molecular weight excluding hydrogens is 279 g/mol. The standard InChI is InChI=1S/C15H12F3N3/c1-8-2-3-11(14(19)21-8)12-5-10(15(16,17)18)4-9-6-20-7-13(9)12/h2-5,7H,6H2,1H3,(H2,19,21). The molecule has 108 valence electrons. The predicted molar refractivity (Wildman–Crippen MR) is 75.1 cm³/mol. The minimum Gasteiger partial charge on any atom is -0.383 e. The van der Waals surface area contributed by atoms with Crippen LogP contribution in [0.5, 0.6) is 0 Å². The van der Waals surface area contributed by atoms with E-state index in [0.29, 0.717) is 27.9 Å². The summed E-state index contributed by atoms with van der Waals surface area (Å²) in [5.74, 6) is 0.219. The second-order valence-electron chi connectivity index (χ2n) is 4.95. The Hall–Kier alpha value is -2.37. The number of nitrogens with two attached hydrogens (primary N) is 1. The topological polar surface area (TPSA) is 51.3 Å². The number of hydrogen-bond acceptors (Lipinski definition) is 3. The van der Waals surface area contributed by atoms with Crippen LogP contribution in [0.25, 0.3) is 11.1 Å². The average Bonchev–Trinajstić information content (AvgIpc) is 2.85. The van der Waals surface area contributed by atoms with Gasteiger partial charge in [0, 0.05) is 23.0 Å². The number of nitrogens with zero attached hydrogens (tertiary/aromatic N) is 2. The number of anilines is 1. The fraction of sp³-hybridized carbons (Fsp3) is 0.200. The van der Waals surface area contributed by atoms with Crippen molar-refractivity contribution < 1.29 is 13.2 Å².